The summed E-state index contributed by atoms with van der Waals surface area (Å²) in [7, 11) is 0. The largest absolute Gasteiger partial charge is 3.00 e. The monoisotopic (exact) mass is 589 g/mol. The Balaban J connectivity index is -0.000000110. The summed E-state index contributed by atoms with van der Waals surface area (Å²) < 4.78 is 53.1. The molecule has 5 nitrogen and oxygen atoms in total. The van der Waals surface area contributed by atoms with E-state index in [0.717, 1.165) is 6.92 Å². The molecule has 0 saturated carbocycles. The number of benzene rings is 1. The Kier molecular flexibility index (Phi) is 26.3. The molecule has 2 rings (SSSR count). The van der Waals surface area contributed by atoms with E-state index in [1.807, 2.05) is 0 Å². The molecule has 168 valence electrons. The van der Waals surface area contributed by atoms with Crippen LogP contribution in [0.2, 0.25) is 0 Å². The maximum absolute atomic E-state index is 13.5. The Bertz CT molecular complexity index is 599. The Morgan fingerprint density at radius 3 is 1.14 bits per heavy atom. The molecule has 0 bridgehead atoms. The summed E-state index contributed by atoms with van der Waals surface area (Å²) in [5.41, 5.74) is -2.53. The average Bonchev–Trinajstić information content (AvgIpc) is 2.64. The third-order valence-electron chi connectivity index (χ3n) is 2.97. The average molecular weight is 589 g/mol. The van der Waals surface area contributed by atoms with E-state index in [9.17, 15) is 27.2 Å². The van der Waals surface area contributed by atoms with Crippen molar-refractivity contribution in [2.45, 2.75) is 19.3 Å². The molecule has 0 unspecified atom stereocenters. The molecule has 1 aliphatic rings. The summed E-state index contributed by atoms with van der Waals surface area (Å²) >= 11 is 0. The summed E-state index contributed by atoms with van der Waals surface area (Å²) in [6.45, 7) is 1.01. The van der Waals surface area contributed by atoms with Gasteiger partial charge in [0.05, 0.1) is 17.2 Å². The van der Waals surface area contributed by atoms with Crippen LogP contribution in [0.25, 0.3) is 0 Å². The minimum absolute atomic E-state index is 0. The van der Waals surface area contributed by atoms with E-state index < -0.39 is 58.5 Å². The van der Waals surface area contributed by atoms with E-state index in [2.05, 4.69) is 0 Å². The van der Waals surface area contributed by atoms with Gasteiger partial charge in [-0.15, -0.1) is 0 Å². The van der Waals surface area contributed by atoms with E-state index in [-0.39, 0.29) is 88.4 Å². The van der Waals surface area contributed by atoms with Crippen molar-refractivity contribution in [1.29, 1.82) is 0 Å². The zero-order valence-electron chi connectivity index (χ0n) is 16.5. The first-order valence-electron chi connectivity index (χ1n) is 5.30. The van der Waals surface area contributed by atoms with Crippen LogP contribution in [0.5, 0.6) is 0 Å². The molecule has 0 aromatic heterocycles. The summed E-state index contributed by atoms with van der Waals surface area (Å²) in [5.74, 6) is -11.4. The fourth-order valence-electron chi connectivity index (χ4n) is 1.87. The zero-order chi connectivity index (χ0) is 15.4. The van der Waals surface area contributed by atoms with Gasteiger partial charge >= 0.3 is 39.0 Å². The van der Waals surface area contributed by atoms with Gasteiger partial charge in [0.2, 0.25) is 0 Å². The summed E-state index contributed by atoms with van der Waals surface area (Å²) in [6.07, 6.45) is -2.18. The van der Waals surface area contributed by atoms with Crippen LogP contribution in [0.15, 0.2) is 0 Å². The number of carbonyl (C=O) groups excluding carboxylic acids is 2. The molecule has 1 aromatic carbocycles. The number of fused-ring (bicyclic) bond motifs is 1. The Morgan fingerprint density at radius 1 is 0.679 bits per heavy atom. The minimum Gasteiger partial charge on any atom is -0.366 e. The molecule has 0 fully saturated rings. The van der Waals surface area contributed by atoms with Crippen molar-refractivity contribution in [2.24, 2.45) is 0 Å². The Labute approximate surface area is 191 Å². The van der Waals surface area contributed by atoms with Crippen molar-refractivity contribution in [3.05, 3.63) is 79.0 Å². The number of hydrogen-bond donors (Lipinski definition) is 2. The SMILES string of the molecule is C[C@@H](C(O)O)N1C(=O)c2c(F)c(F)c(F)c(F)c2C1=O.[CH3-].[CH3-].[CH3-].[CH3-].[CH3-].[CH3-].[Rh+3].[Rh+3]. The number of hydrogen-bond acceptors (Lipinski definition) is 4. The van der Waals surface area contributed by atoms with Gasteiger partial charge in [-0.2, -0.15) is 0 Å². The first kappa shape index (κ1) is 45.8. The molecular formula is C17H25F4NO4Rh2. The molecule has 2 N–H and O–H groups in total. The molecule has 1 heterocycles. The van der Waals surface area contributed by atoms with E-state index in [4.69, 9.17) is 10.2 Å². The second kappa shape index (κ2) is 16.1. The predicted molar refractivity (Wildman–Crippen MR) is 92.9 cm³/mol. The molecular weight excluding hydrogens is 564 g/mol. The van der Waals surface area contributed by atoms with Gasteiger partial charge in [-0.25, -0.2) is 17.6 Å². The standard InChI is InChI=1S/C11H7F4NO4.6CH3.2Rh/c1-2(11(19)20)16-9(17)3-4(10(16)18)6(13)8(15)7(14)5(3)12;;;;;;;;/h2,11,19-20H,1H3;6*1H3;;/q;6*-1;2*+3/t2-;;;;;;;;/m0......../s1. The van der Waals surface area contributed by atoms with Crippen LogP contribution >= 0.6 is 0 Å². The number of carbonyl (C=O) groups is 2. The minimum atomic E-state index is -2.22. The van der Waals surface area contributed by atoms with Crippen molar-refractivity contribution in [2.75, 3.05) is 0 Å². The molecule has 11 heteroatoms. The van der Waals surface area contributed by atoms with Crippen LogP contribution in [0.1, 0.15) is 27.6 Å². The Hall–Kier alpha value is -0.753. The third-order valence-corrected chi connectivity index (χ3v) is 2.97. The smallest absolute Gasteiger partial charge is 0.366 e. The normalized spacial score (nSPS) is 11.5. The Morgan fingerprint density at radius 2 is 0.929 bits per heavy atom. The van der Waals surface area contributed by atoms with Gasteiger partial charge in [0.25, 0.3) is 11.8 Å². The van der Waals surface area contributed by atoms with Gasteiger partial charge in [0.15, 0.2) is 29.6 Å². The summed E-state index contributed by atoms with van der Waals surface area (Å²) in [5, 5.41) is 17.8. The number of nitrogens with zero attached hydrogens (tertiary/aromatic N) is 1. The van der Waals surface area contributed by atoms with Crippen molar-refractivity contribution in [3.8, 4) is 0 Å². The van der Waals surface area contributed by atoms with Gasteiger partial charge < -0.3 is 54.8 Å². The second-order valence-corrected chi connectivity index (χ2v) is 4.14. The molecule has 2 amide bonds. The molecule has 0 radical (unpaired) electrons. The van der Waals surface area contributed by atoms with Crippen LogP contribution in [0.3, 0.4) is 0 Å². The van der Waals surface area contributed by atoms with E-state index in [0.29, 0.717) is 0 Å². The molecule has 0 spiro atoms. The van der Waals surface area contributed by atoms with Gasteiger partial charge in [-0.1, -0.05) is 0 Å². The number of amides is 2. The molecule has 1 aliphatic heterocycles. The maximum atomic E-state index is 13.5. The van der Waals surface area contributed by atoms with Gasteiger partial charge in [0.1, 0.15) is 0 Å². The second-order valence-electron chi connectivity index (χ2n) is 4.14. The first-order valence-corrected chi connectivity index (χ1v) is 5.30. The first-order chi connectivity index (χ1) is 9.20. The van der Waals surface area contributed by atoms with E-state index in [1.165, 1.54) is 0 Å². The molecule has 0 aliphatic carbocycles. The maximum Gasteiger partial charge on any atom is 3.00 e. The number of aliphatic hydroxyl groups is 2. The molecule has 1 atom stereocenters. The van der Waals surface area contributed by atoms with E-state index >= 15 is 0 Å². The van der Waals surface area contributed by atoms with Crippen LogP contribution in [0.4, 0.5) is 17.6 Å². The molecule has 0 saturated heterocycles. The topological polar surface area (TPSA) is 77.8 Å². The summed E-state index contributed by atoms with van der Waals surface area (Å²) in [4.78, 5) is 23.7. The fourth-order valence-corrected chi connectivity index (χ4v) is 1.87. The van der Waals surface area contributed by atoms with Crippen molar-refractivity contribution >= 4 is 11.8 Å². The third kappa shape index (κ3) is 6.65. The summed E-state index contributed by atoms with van der Waals surface area (Å²) in [6, 6.07) is -1.55. The fraction of sp³-hybridized carbons (Fsp3) is 0.176. The number of imide groups is 1. The molecule has 1 aromatic rings. The van der Waals surface area contributed by atoms with Crippen LogP contribution < -0.4 is 0 Å². The number of aliphatic hydroxyl groups excluding tert-OH is 1. The van der Waals surface area contributed by atoms with Crippen molar-refractivity contribution in [1.82, 2.24) is 4.90 Å². The van der Waals surface area contributed by atoms with Crippen molar-refractivity contribution < 1.29 is 76.3 Å². The number of halogens is 4. The number of rotatable bonds is 2. The van der Waals surface area contributed by atoms with Crippen LogP contribution in [-0.4, -0.2) is 39.3 Å². The van der Waals surface area contributed by atoms with Crippen LogP contribution in [0, 0.1) is 67.8 Å². The van der Waals surface area contributed by atoms with Gasteiger partial charge in [0, 0.05) is 0 Å². The van der Waals surface area contributed by atoms with Crippen LogP contribution in [-0.2, 0) is 39.0 Å². The predicted octanol–water partition coefficient (Wildman–Crippen LogP) is 3.23. The van der Waals surface area contributed by atoms with Crippen molar-refractivity contribution in [3.63, 3.8) is 0 Å². The zero-order valence-corrected chi connectivity index (χ0v) is 19.8. The quantitative estimate of drug-likeness (QED) is 0.106. The van der Waals surface area contributed by atoms with E-state index in [1.54, 1.807) is 0 Å². The molecule has 28 heavy (non-hydrogen) atoms. The van der Waals surface area contributed by atoms with Gasteiger partial charge in [-0.05, 0) is 6.92 Å². The van der Waals surface area contributed by atoms with Gasteiger partial charge in [-0.3, -0.25) is 14.5 Å².